The van der Waals surface area contributed by atoms with Gasteiger partial charge in [-0.15, -0.1) is 0 Å². The van der Waals surface area contributed by atoms with Gasteiger partial charge in [-0.1, -0.05) is 6.07 Å². The lowest BCUT2D eigenvalue weighted by atomic mass is 10.0. The van der Waals surface area contributed by atoms with Gasteiger partial charge in [-0.2, -0.15) is 5.10 Å². The number of hydrogen-bond donors (Lipinski definition) is 3. The molecule has 5 aromatic rings. The quantitative estimate of drug-likeness (QED) is 0.412. The Morgan fingerprint density at radius 3 is 2.74 bits per heavy atom. The maximum Gasteiger partial charge on any atom is 0.180 e. The van der Waals surface area contributed by atoms with Crippen LogP contribution in [0.5, 0.6) is 0 Å². The molecule has 0 saturated carbocycles. The van der Waals surface area contributed by atoms with Gasteiger partial charge in [0.1, 0.15) is 11.2 Å². The summed E-state index contributed by atoms with van der Waals surface area (Å²) in [6.45, 7) is 2.13. The highest BCUT2D eigenvalue weighted by atomic mass is 15.2. The molecule has 5 heterocycles. The fourth-order valence-corrected chi connectivity index (χ4v) is 4.40. The van der Waals surface area contributed by atoms with Crippen LogP contribution in [-0.4, -0.2) is 43.2 Å². The number of aromatic amines is 2. The first-order chi connectivity index (χ1) is 15.3. The Kier molecular flexibility index (Phi) is 4.09. The van der Waals surface area contributed by atoms with E-state index >= 15 is 0 Å². The molecule has 154 valence electrons. The Hall–Kier alpha value is -3.94. The number of anilines is 2. The average molecular weight is 410 g/mol. The molecular formula is C23H22N8. The van der Waals surface area contributed by atoms with Crippen LogP contribution in [0, 0.1) is 0 Å². The predicted molar refractivity (Wildman–Crippen MR) is 123 cm³/mol. The highest BCUT2D eigenvalue weighted by Gasteiger charge is 2.19. The third-order valence-corrected chi connectivity index (χ3v) is 5.95. The fraction of sp³-hybridized carbons (Fsp3) is 0.217. The lowest BCUT2D eigenvalue weighted by Crippen LogP contribution is -2.29. The van der Waals surface area contributed by atoms with E-state index in [0.29, 0.717) is 17.2 Å². The summed E-state index contributed by atoms with van der Waals surface area (Å²) in [5, 5.41) is 8.66. The molecule has 4 N–H and O–H groups in total. The number of nitrogens with one attached hydrogen (secondary N) is 2. The SMILES string of the molecule is Nc1cncc(-c2ccc3[nH]nc(-c4nc5nccc(N6CCCCC6)c5[nH]4)c3c2)c1. The molecule has 0 bridgehead atoms. The maximum atomic E-state index is 5.92. The summed E-state index contributed by atoms with van der Waals surface area (Å²) in [7, 11) is 0. The smallest absolute Gasteiger partial charge is 0.180 e. The highest BCUT2D eigenvalue weighted by Crippen LogP contribution is 2.32. The van der Waals surface area contributed by atoms with Gasteiger partial charge in [-0.05, 0) is 49.1 Å². The zero-order valence-corrected chi connectivity index (χ0v) is 17.0. The third kappa shape index (κ3) is 3.07. The van der Waals surface area contributed by atoms with E-state index in [9.17, 15) is 0 Å². The second-order valence-electron chi connectivity index (χ2n) is 8.00. The van der Waals surface area contributed by atoms with E-state index in [-0.39, 0.29) is 0 Å². The van der Waals surface area contributed by atoms with E-state index in [4.69, 9.17) is 10.7 Å². The third-order valence-electron chi connectivity index (χ3n) is 5.95. The van der Waals surface area contributed by atoms with Crippen molar-refractivity contribution >= 4 is 33.4 Å². The second-order valence-corrected chi connectivity index (χ2v) is 8.00. The van der Waals surface area contributed by atoms with Crippen LogP contribution in [0.15, 0.2) is 48.9 Å². The normalized spacial score (nSPS) is 14.5. The topological polar surface area (TPSA) is 112 Å². The summed E-state index contributed by atoms with van der Waals surface area (Å²) in [5.41, 5.74) is 13.1. The number of nitrogens with two attached hydrogens (primary N) is 1. The minimum Gasteiger partial charge on any atom is -0.397 e. The summed E-state index contributed by atoms with van der Waals surface area (Å²) in [6.07, 6.45) is 9.03. The first-order valence-electron chi connectivity index (χ1n) is 10.6. The molecule has 1 aromatic carbocycles. The number of pyridine rings is 2. The van der Waals surface area contributed by atoms with Gasteiger partial charge in [0, 0.05) is 42.6 Å². The highest BCUT2D eigenvalue weighted by molar-refractivity contribution is 5.96. The molecule has 1 aliphatic rings. The van der Waals surface area contributed by atoms with Crippen molar-refractivity contribution in [2.45, 2.75) is 19.3 Å². The van der Waals surface area contributed by atoms with E-state index < -0.39 is 0 Å². The van der Waals surface area contributed by atoms with E-state index in [0.717, 1.165) is 52.0 Å². The van der Waals surface area contributed by atoms with Crippen LogP contribution in [0.4, 0.5) is 11.4 Å². The summed E-state index contributed by atoms with van der Waals surface area (Å²) < 4.78 is 0. The van der Waals surface area contributed by atoms with Gasteiger partial charge < -0.3 is 15.6 Å². The van der Waals surface area contributed by atoms with Crippen molar-refractivity contribution in [3.63, 3.8) is 0 Å². The van der Waals surface area contributed by atoms with Crippen LogP contribution in [0.1, 0.15) is 19.3 Å². The average Bonchev–Trinajstić information content (AvgIpc) is 3.43. The van der Waals surface area contributed by atoms with Crippen molar-refractivity contribution in [1.82, 2.24) is 30.1 Å². The molecule has 0 unspecified atom stereocenters. The monoisotopic (exact) mass is 410 g/mol. The molecular weight excluding hydrogens is 388 g/mol. The molecule has 0 atom stereocenters. The zero-order valence-electron chi connectivity index (χ0n) is 17.0. The number of benzene rings is 1. The minimum atomic E-state index is 0.638. The maximum absolute atomic E-state index is 5.92. The van der Waals surface area contributed by atoms with Gasteiger partial charge in [0.25, 0.3) is 0 Å². The summed E-state index contributed by atoms with van der Waals surface area (Å²) in [5.74, 6) is 0.709. The second kappa shape index (κ2) is 7.09. The first kappa shape index (κ1) is 17.9. The van der Waals surface area contributed by atoms with Gasteiger partial charge in [0.05, 0.1) is 16.9 Å². The van der Waals surface area contributed by atoms with Crippen molar-refractivity contribution in [3.8, 4) is 22.6 Å². The largest absolute Gasteiger partial charge is 0.397 e. The van der Waals surface area contributed by atoms with Crippen LogP contribution in [0.25, 0.3) is 44.7 Å². The van der Waals surface area contributed by atoms with Crippen LogP contribution >= 0.6 is 0 Å². The Morgan fingerprint density at radius 2 is 1.87 bits per heavy atom. The molecule has 0 spiro atoms. The molecule has 31 heavy (non-hydrogen) atoms. The molecule has 0 radical (unpaired) electrons. The number of nitrogen functional groups attached to an aromatic ring is 1. The summed E-state index contributed by atoms with van der Waals surface area (Å²) in [4.78, 5) is 19.4. The molecule has 6 rings (SSSR count). The number of aromatic nitrogens is 6. The molecule has 1 fully saturated rings. The molecule has 1 aliphatic heterocycles. The molecule has 0 aliphatic carbocycles. The van der Waals surface area contributed by atoms with Gasteiger partial charge in [0.15, 0.2) is 11.5 Å². The Labute approximate surface area is 178 Å². The number of rotatable bonds is 3. The van der Waals surface area contributed by atoms with Crippen LogP contribution in [0.2, 0.25) is 0 Å². The first-order valence-corrected chi connectivity index (χ1v) is 10.6. The zero-order chi connectivity index (χ0) is 20.8. The molecule has 1 saturated heterocycles. The number of imidazole rings is 1. The molecule has 0 amide bonds. The van der Waals surface area contributed by atoms with Gasteiger partial charge >= 0.3 is 0 Å². The van der Waals surface area contributed by atoms with Crippen molar-refractivity contribution in [2.75, 3.05) is 23.7 Å². The van der Waals surface area contributed by atoms with Crippen molar-refractivity contribution in [2.24, 2.45) is 0 Å². The van der Waals surface area contributed by atoms with Crippen LogP contribution in [-0.2, 0) is 0 Å². The number of nitrogens with zero attached hydrogens (tertiary/aromatic N) is 5. The lowest BCUT2D eigenvalue weighted by molar-refractivity contribution is 0.578. The number of H-pyrrole nitrogens is 2. The Bertz CT molecular complexity index is 1390. The number of piperidine rings is 1. The van der Waals surface area contributed by atoms with Crippen LogP contribution < -0.4 is 10.6 Å². The summed E-state index contributed by atoms with van der Waals surface area (Å²) >= 11 is 0. The van der Waals surface area contributed by atoms with Gasteiger partial charge in [0.2, 0.25) is 0 Å². The fourth-order valence-electron chi connectivity index (χ4n) is 4.40. The van der Waals surface area contributed by atoms with E-state index in [1.165, 1.54) is 19.3 Å². The number of hydrogen-bond acceptors (Lipinski definition) is 6. The number of fused-ring (bicyclic) bond motifs is 2. The Balaban J connectivity index is 1.46. The van der Waals surface area contributed by atoms with Crippen molar-refractivity contribution in [3.05, 3.63) is 48.9 Å². The van der Waals surface area contributed by atoms with Crippen molar-refractivity contribution in [1.29, 1.82) is 0 Å². The predicted octanol–water partition coefficient (Wildman–Crippen LogP) is 4.14. The Morgan fingerprint density at radius 1 is 0.968 bits per heavy atom. The standard InChI is InChI=1S/C23H22N8/c24-16-10-15(12-25-13-16)14-4-5-18-17(11-14)20(30-29-18)23-27-21-19(6-7-26-22(21)28-23)31-8-2-1-3-9-31/h4-7,10-13H,1-3,8-9,24H2,(H,29,30)(H,26,27,28). The van der Waals surface area contributed by atoms with Gasteiger partial charge in [-0.3, -0.25) is 10.1 Å². The van der Waals surface area contributed by atoms with Crippen molar-refractivity contribution < 1.29 is 0 Å². The van der Waals surface area contributed by atoms with E-state index in [1.54, 1.807) is 6.20 Å². The van der Waals surface area contributed by atoms with Gasteiger partial charge in [-0.25, -0.2) is 9.97 Å². The summed E-state index contributed by atoms with van der Waals surface area (Å²) in [6, 6.07) is 10.1. The van der Waals surface area contributed by atoms with E-state index in [2.05, 4.69) is 42.2 Å². The molecule has 8 nitrogen and oxygen atoms in total. The van der Waals surface area contributed by atoms with E-state index in [1.807, 2.05) is 30.6 Å². The lowest BCUT2D eigenvalue weighted by Gasteiger charge is -2.28. The molecule has 4 aromatic heterocycles. The van der Waals surface area contributed by atoms with Crippen LogP contribution in [0.3, 0.4) is 0 Å². The molecule has 8 heteroatoms. The minimum absolute atomic E-state index is 0.638.